The van der Waals surface area contributed by atoms with Crippen LogP contribution in [0, 0.1) is 0 Å². The lowest BCUT2D eigenvalue weighted by Gasteiger charge is -2.16. The van der Waals surface area contributed by atoms with Gasteiger partial charge in [-0.3, -0.25) is 4.79 Å². The lowest BCUT2D eigenvalue weighted by molar-refractivity contribution is -0.127. The Morgan fingerprint density at radius 3 is 2.85 bits per heavy atom. The van der Waals surface area contributed by atoms with Crippen molar-refractivity contribution < 1.29 is 9.53 Å². The minimum atomic E-state index is -0.556. The molecular weight excluding hydrogens is 320 g/mol. The highest BCUT2D eigenvalue weighted by Gasteiger charge is 2.14. The average molecular weight is 341 g/mol. The van der Waals surface area contributed by atoms with E-state index in [1.165, 1.54) is 0 Å². The first kappa shape index (κ1) is 16.7. The molecule has 2 unspecified atom stereocenters. The van der Waals surface area contributed by atoms with Gasteiger partial charge in [-0.05, 0) is 44.0 Å². The molecule has 1 aromatic carbocycles. The molecule has 1 rings (SSSR count). The zero-order chi connectivity index (χ0) is 15.1. The molecule has 1 amide bonds. The first-order valence-electron chi connectivity index (χ1n) is 6.53. The zero-order valence-corrected chi connectivity index (χ0v) is 13.4. The number of halogens is 1. The van der Waals surface area contributed by atoms with E-state index in [0.717, 1.165) is 16.5 Å². The maximum absolute atomic E-state index is 11.7. The number of carbonyl (C=O) groups is 1. The van der Waals surface area contributed by atoms with E-state index >= 15 is 0 Å². The maximum atomic E-state index is 11.7. The molecule has 20 heavy (non-hydrogen) atoms. The van der Waals surface area contributed by atoms with Gasteiger partial charge in [0, 0.05) is 17.1 Å². The van der Waals surface area contributed by atoms with Gasteiger partial charge in [0.1, 0.15) is 5.75 Å². The molecule has 0 saturated carbocycles. The van der Waals surface area contributed by atoms with Gasteiger partial charge in [-0.15, -0.1) is 6.58 Å². The van der Waals surface area contributed by atoms with Crippen molar-refractivity contribution in [2.45, 2.75) is 32.4 Å². The van der Waals surface area contributed by atoms with Crippen LogP contribution in [0.1, 0.15) is 19.4 Å². The van der Waals surface area contributed by atoms with Crippen LogP contribution in [0.15, 0.2) is 35.3 Å². The molecule has 1 aromatic rings. The number of ether oxygens (including phenoxy) is 1. The summed E-state index contributed by atoms with van der Waals surface area (Å²) >= 11 is 3.49. The second-order valence-corrected chi connectivity index (χ2v) is 5.58. The topological polar surface area (TPSA) is 64.3 Å². The molecule has 0 aliphatic rings. The summed E-state index contributed by atoms with van der Waals surface area (Å²) < 4.78 is 6.63. The minimum absolute atomic E-state index is 0.0647. The van der Waals surface area contributed by atoms with E-state index in [1.807, 2.05) is 25.1 Å². The van der Waals surface area contributed by atoms with Gasteiger partial charge in [0.2, 0.25) is 0 Å². The van der Waals surface area contributed by atoms with Crippen LogP contribution in [-0.2, 0) is 11.2 Å². The monoisotopic (exact) mass is 340 g/mol. The normalized spacial score (nSPS) is 13.4. The molecule has 3 N–H and O–H groups in total. The Hall–Kier alpha value is -1.33. The number of amides is 1. The number of benzene rings is 1. The predicted octanol–water partition coefficient (Wildman–Crippen LogP) is 2.41. The Morgan fingerprint density at radius 2 is 2.25 bits per heavy atom. The van der Waals surface area contributed by atoms with Gasteiger partial charge in [0.05, 0.1) is 0 Å². The van der Waals surface area contributed by atoms with Crippen LogP contribution in [0.25, 0.3) is 0 Å². The van der Waals surface area contributed by atoms with E-state index in [9.17, 15) is 4.79 Å². The van der Waals surface area contributed by atoms with Crippen molar-refractivity contribution in [1.82, 2.24) is 5.32 Å². The highest BCUT2D eigenvalue weighted by molar-refractivity contribution is 9.10. The van der Waals surface area contributed by atoms with Crippen molar-refractivity contribution in [3.63, 3.8) is 0 Å². The number of nitrogens with two attached hydrogens (primary N) is 1. The van der Waals surface area contributed by atoms with E-state index in [-0.39, 0.29) is 11.9 Å². The summed E-state index contributed by atoms with van der Waals surface area (Å²) in [5.41, 5.74) is 6.88. The third-order valence-corrected chi connectivity index (χ3v) is 3.44. The summed E-state index contributed by atoms with van der Waals surface area (Å²) in [6.07, 6.45) is 1.82. The lowest BCUT2D eigenvalue weighted by atomic mass is 10.1. The van der Waals surface area contributed by atoms with E-state index in [2.05, 4.69) is 27.8 Å². The Balaban J connectivity index is 2.72. The molecule has 110 valence electrons. The summed E-state index contributed by atoms with van der Waals surface area (Å²) in [6, 6.07) is 5.70. The van der Waals surface area contributed by atoms with Crippen molar-refractivity contribution in [1.29, 1.82) is 0 Å². The predicted molar refractivity (Wildman–Crippen MR) is 84.8 cm³/mol. The molecule has 2 atom stereocenters. The van der Waals surface area contributed by atoms with Crippen molar-refractivity contribution in [2.24, 2.45) is 5.73 Å². The maximum Gasteiger partial charge on any atom is 0.261 e. The SMILES string of the molecule is C=CCNC(=O)C(C)Oc1ccc(Br)c(CC(C)N)c1. The van der Waals surface area contributed by atoms with Crippen molar-refractivity contribution in [3.8, 4) is 5.75 Å². The van der Waals surface area contributed by atoms with Crippen LogP contribution in [-0.4, -0.2) is 24.6 Å². The largest absolute Gasteiger partial charge is 0.481 e. The van der Waals surface area contributed by atoms with Crippen LogP contribution < -0.4 is 15.8 Å². The standard InChI is InChI=1S/C15H21BrN2O2/c1-4-7-18-15(19)11(3)20-13-5-6-14(16)12(9-13)8-10(2)17/h4-6,9-11H,1,7-8,17H2,2-3H3,(H,18,19). The van der Waals surface area contributed by atoms with Gasteiger partial charge in [-0.1, -0.05) is 22.0 Å². The summed E-state index contributed by atoms with van der Waals surface area (Å²) in [5.74, 6) is 0.492. The minimum Gasteiger partial charge on any atom is -0.481 e. The third-order valence-electron chi connectivity index (χ3n) is 2.66. The van der Waals surface area contributed by atoms with Gasteiger partial charge < -0.3 is 15.8 Å². The van der Waals surface area contributed by atoms with Crippen molar-refractivity contribution in [3.05, 3.63) is 40.9 Å². The smallest absolute Gasteiger partial charge is 0.261 e. The molecule has 0 heterocycles. The molecular formula is C15H21BrN2O2. The number of nitrogens with one attached hydrogen (secondary N) is 1. The summed E-state index contributed by atoms with van der Waals surface area (Å²) in [4.78, 5) is 11.7. The van der Waals surface area contributed by atoms with E-state index in [0.29, 0.717) is 12.3 Å². The van der Waals surface area contributed by atoms with Crippen LogP contribution >= 0.6 is 15.9 Å². The molecule has 0 radical (unpaired) electrons. The highest BCUT2D eigenvalue weighted by Crippen LogP contribution is 2.24. The fourth-order valence-corrected chi connectivity index (χ4v) is 2.11. The first-order chi connectivity index (χ1) is 9.43. The van der Waals surface area contributed by atoms with Crippen LogP contribution in [0.4, 0.5) is 0 Å². The second-order valence-electron chi connectivity index (χ2n) is 4.73. The van der Waals surface area contributed by atoms with Crippen LogP contribution in [0.2, 0.25) is 0 Å². The Bertz CT molecular complexity index is 475. The van der Waals surface area contributed by atoms with Gasteiger partial charge in [-0.2, -0.15) is 0 Å². The molecule has 0 saturated heterocycles. The van der Waals surface area contributed by atoms with E-state index in [4.69, 9.17) is 10.5 Å². The van der Waals surface area contributed by atoms with Gasteiger partial charge >= 0.3 is 0 Å². The molecule has 0 bridgehead atoms. The number of carbonyl (C=O) groups excluding carboxylic acids is 1. The molecule has 0 aliphatic heterocycles. The van der Waals surface area contributed by atoms with Crippen molar-refractivity contribution in [2.75, 3.05) is 6.54 Å². The number of hydrogen-bond donors (Lipinski definition) is 2. The fourth-order valence-electron chi connectivity index (χ4n) is 1.70. The number of rotatable bonds is 7. The third kappa shape index (κ3) is 5.35. The van der Waals surface area contributed by atoms with Crippen LogP contribution in [0.3, 0.4) is 0 Å². The highest BCUT2D eigenvalue weighted by atomic mass is 79.9. The average Bonchev–Trinajstić information content (AvgIpc) is 2.39. The summed E-state index contributed by atoms with van der Waals surface area (Å²) in [5, 5.41) is 2.70. The number of hydrogen-bond acceptors (Lipinski definition) is 3. The van der Waals surface area contributed by atoms with E-state index in [1.54, 1.807) is 13.0 Å². The van der Waals surface area contributed by atoms with Crippen molar-refractivity contribution >= 4 is 21.8 Å². The van der Waals surface area contributed by atoms with Gasteiger partial charge in [0.25, 0.3) is 5.91 Å². The Morgan fingerprint density at radius 1 is 1.55 bits per heavy atom. The Kier molecular flexibility index (Phi) is 6.75. The quantitative estimate of drug-likeness (QED) is 0.749. The molecule has 0 aromatic heterocycles. The first-order valence-corrected chi connectivity index (χ1v) is 7.32. The van der Waals surface area contributed by atoms with Gasteiger partial charge in [-0.25, -0.2) is 0 Å². The molecule has 0 spiro atoms. The zero-order valence-electron chi connectivity index (χ0n) is 11.9. The van der Waals surface area contributed by atoms with Gasteiger partial charge in [0.15, 0.2) is 6.10 Å². The summed E-state index contributed by atoms with van der Waals surface area (Å²) in [6.45, 7) is 7.65. The molecule has 0 aliphatic carbocycles. The summed E-state index contributed by atoms with van der Waals surface area (Å²) in [7, 11) is 0. The molecule has 0 fully saturated rings. The van der Waals surface area contributed by atoms with Crippen LogP contribution in [0.5, 0.6) is 5.75 Å². The Labute approximate surface area is 128 Å². The molecule has 5 heteroatoms. The lowest BCUT2D eigenvalue weighted by Crippen LogP contribution is -2.36. The fraction of sp³-hybridized carbons (Fsp3) is 0.400. The molecule has 4 nitrogen and oxygen atoms in total. The van der Waals surface area contributed by atoms with E-state index < -0.39 is 6.10 Å². The second kappa shape index (κ2) is 8.07.